The van der Waals surface area contributed by atoms with Crippen LogP contribution in [0, 0.1) is 0 Å². The van der Waals surface area contributed by atoms with E-state index in [4.69, 9.17) is 0 Å². The van der Waals surface area contributed by atoms with Crippen LogP contribution in [0.4, 0.5) is 5.95 Å². The molecule has 1 saturated heterocycles. The Labute approximate surface area is 144 Å². The molecule has 1 aliphatic rings. The van der Waals surface area contributed by atoms with Gasteiger partial charge in [-0.1, -0.05) is 18.2 Å². The minimum absolute atomic E-state index is 0.0578. The third-order valence-electron chi connectivity index (χ3n) is 4.17. The van der Waals surface area contributed by atoms with E-state index in [1.807, 2.05) is 36.4 Å². The van der Waals surface area contributed by atoms with Crippen LogP contribution in [0.3, 0.4) is 0 Å². The van der Waals surface area contributed by atoms with Crippen molar-refractivity contribution < 1.29 is 4.79 Å². The number of thiophene rings is 1. The van der Waals surface area contributed by atoms with Crippen LogP contribution < -0.4 is 10.2 Å². The number of amides is 1. The predicted molar refractivity (Wildman–Crippen MR) is 96.5 cm³/mol. The molecule has 0 bridgehead atoms. The molecule has 24 heavy (non-hydrogen) atoms. The van der Waals surface area contributed by atoms with E-state index in [-0.39, 0.29) is 5.91 Å². The summed E-state index contributed by atoms with van der Waals surface area (Å²) >= 11 is 1.51. The minimum atomic E-state index is -0.0578. The summed E-state index contributed by atoms with van der Waals surface area (Å²) in [7, 11) is 0. The first-order chi connectivity index (χ1) is 11.8. The number of fused-ring (bicyclic) bond motifs is 1. The normalized spacial score (nSPS) is 14.2. The molecule has 0 unspecified atom stereocenters. The smallest absolute Gasteiger partial charge is 0.261 e. The Morgan fingerprint density at radius 3 is 2.88 bits per heavy atom. The molecule has 1 N–H and O–H groups in total. The number of benzene rings is 1. The van der Waals surface area contributed by atoms with Gasteiger partial charge in [0.1, 0.15) is 0 Å². The third kappa shape index (κ3) is 3.10. The van der Waals surface area contributed by atoms with Crippen molar-refractivity contribution in [1.29, 1.82) is 0 Å². The number of nitrogens with one attached hydrogen (secondary N) is 1. The van der Waals surface area contributed by atoms with Crippen LogP contribution in [-0.2, 0) is 6.54 Å². The standard InChI is InChI=1S/C18H18N4OS/c23-17(16-11-13-5-1-2-6-15(13)24-16)20-12-14-7-8-19-18(21-14)22-9-3-4-10-22/h1-2,5-8,11H,3-4,9-10,12H2,(H,20,23). The monoisotopic (exact) mass is 338 g/mol. The highest BCUT2D eigenvalue weighted by Crippen LogP contribution is 2.25. The van der Waals surface area contributed by atoms with E-state index in [1.165, 1.54) is 24.2 Å². The van der Waals surface area contributed by atoms with Crippen molar-refractivity contribution in [1.82, 2.24) is 15.3 Å². The molecule has 0 aliphatic carbocycles. The lowest BCUT2D eigenvalue weighted by Gasteiger charge is -2.15. The molecular weight excluding hydrogens is 320 g/mol. The lowest BCUT2D eigenvalue weighted by atomic mass is 10.2. The second kappa shape index (κ2) is 6.57. The van der Waals surface area contributed by atoms with Crippen molar-refractivity contribution in [2.45, 2.75) is 19.4 Å². The summed E-state index contributed by atoms with van der Waals surface area (Å²) in [5.74, 6) is 0.707. The maximum Gasteiger partial charge on any atom is 0.261 e. The Balaban J connectivity index is 1.44. The zero-order valence-corrected chi connectivity index (χ0v) is 14.1. The molecule has 4 rings (SSSR count). The van der Waals surface area contributed by atoms with Crippen molar-refractivity contribution in [3.05, 3.63) is 53.2 Å². The number of hydrogen-bond donors (Lipinski definition) is 1. The number of anilines is 1. The van der Waals surface area contributed by atoms with Crippen LogP contribution in [0.15, 0.2) is 42.6 Å². The van der Waals surface area contributed by atoms with Gasteiger partial charge in [-0.2, -0.15) is 0 Å². The highest BCUT2D eigenvalue weighted by Gasteiger charge is 2.15. The second-order valence-electron chi connectivity index (χ2n) is 5.87. The highest BCUT2D eigenvalue weighted by atomic mass is 32.1. The lowest BCUT2D eigenvalue weighted by molar-refractivity contribution is 0.0954. The molecule has 0 atom stereocenters. The molecule has 1 aromatic carbocycles. The van der Waals surface area contributed by atoms with Gasteiger partial charge in [0.15, 0.2) is 0 Å². The van der Waals surface area contributed by atoms with Gasteiger partial charge in [0.25, 0.3) is 5.91 Å². The van der Waals surface area contributed by atoms with E-state index in [1.54, 1.807) is 6.20 Å². The molecule has 1 fully saturated rings. The molecule has 5 nitrogen and oxygen atoms in total. The molecular formula is C18H18N4OS. The molecule has 1 amide bonds. The van der Waals surface area contributed by atoms with Crippen molar-refractivity contribution in [3.8, 4) is 0 Å². The Bertz CT molecular complexity index is 837. The van der Waals surface area contributed by atoms with E-state index in [2.05, 4.69) is 20.2 Å². The highest BCUT2D eigenvalue weighted by molar-refractivity contribution is 7.20. The van der Waals surface area contributed by atoms with Crippen LogP contribution >= 0.6 is 11.3 Å². The van der Waals surface area contributed by atoms with Crippen molar-refractivity contribution in [3.63, 3.8) is 0 Å². The third-order valence-corrected chi connectivity index (χ3v) is 5.28. The Kier molecular flexibility index (Phi) is 4.13. The van der Waals surface area contributed by atoms with Gasteiger partial charge in [0.2, 0.25) is 5.95 Å². The van der Waals surface area contributed by atoms with Crippen LogP contribution in [-0.4, -0.2) is 29.0 Å². The molecule has 3 heterocycles. The van der Waals surface area contributed by atoms with E-state index >= 15 is 0 Å². The quantitative estimate of drug-likeness (QED) is 0.793. The van der Waals surface area contributed by atoms with E-state index in [0.29, 0.717) is 6.54 Å². The summed E-state index contributed by atoms with van der Waals surface area (Å²) in [6.45, 7) is 2.44. The van der Waals surface area contributed by atoms with Gasteiger partial charge < -0.3 is 10.2 Å². The maximum absolute atomic E-state index is 12.4. The van der Waals surface area contributed by atoms with Crippen molar-refractivity contribution in [2.75, 3.05) is 18.0 Å². The maximum atomic E-state index is 12.4. The fraction of sp³-hybridized carbons (Fsp3) is 0.278. The number of carbonyl (C=O) groups excluding carboxylic acids is 1. The SMILES string of the molecule is O=C(NCc1ccnc(N2CCCC2)n1)c1cc2ccccc2s1. The van der Waals surface area contributed by atoms with Gasteiger partial charge in [-0.15, -0.1) is 11.3 Å². The van der Waals surface area contributed by atoms with Crippen LogP contribution in [0.1, 0.15) is 28.2 Å². The Morgan fingerprint density at radius 1 is 1.21 bits per heavy atom. The molecule has 122 valence electrons. The molecule has 0 saturated carbocycles. The van der Waals surface area contributed by atoms with Gasteiger partial charge in [-0.3, -0.25) is 4.79 Å². The molecule has 3 aromatic rings. The summed E-state index contributed by atoms with van der Waals surface area (Å²) in [6.07, 6.45) is 4.15. The van der Waals surface area contributed by atoms with Gasteiger partial charge in [-0.25, -0.2) is 9.97 Å². The summed E-state index contributed by atoms with van der Waals surface area (Å²) in [5, 5.41) is 4.06. The predicted octanol–water partition coefficient (Wildman–Crippen LogP) is 3.22. The second-order valence-corrected chi connectivity index (χ2v) is 6.96. The molecule has 6 heteroatoms. The van der Waals surface area contributed by atoms with Crippen LogP contribution in [0.2, 0.25) is 0 Å². The first-order valence-electron chi connectivity index (χ1n) is 8.13. The van der Waals surface area contributed by atoms with Crippen LogP contribution in [0.5, 0.6) is 0 Å². The fourth-order valence-electron chi connectivity index (χ4n) is 2.90. The Hall–Kier alpha value is -2.47. The summed E-state index contributed by atoms with van der Waals surface area (Å²) in [4.78, 5) is 24.2. The van der Waals surface area contributed by atoms with Gasteiger partial charge >= 0.3 is 0 Å². The average Bonchev–Trinajstić information content (AvgIpc) is 3.29. The zero-order chi connectivity index (χ0) is 16.4. The topological polar surface area (TPSA) is 58.1 Å². The van der Waals surface area contributed by atoms with Gasteiger partial charge in [0.05, 0.1) is 17.1 Å². The summed E-state index contributed by atoms with van der Waals surface area (Å²) in [6, 6.07) is 11.8. The number of carbonyl (C=O) groups is 1. The van der Waals surface area contributed by atoms with E-state index in [9.17, 15) is 4.79 Å². The first kappa shape index (κ1) is 15.1. The fourth-order valence-corrected chi connectivity index (χ4v) is 3.88. The van der Waals surface area contributed by atoms with Crippen molar-refractivity contribution in [2.24, 2.45) is 0 Å². The summed E-state index contributed by atoms with van der Waals surface area (Å²) < 4.78 is 1.13. The lowest BCUT2D eigenvalue weighted by Crippen LogP contribution is -2.24. The molecule has 2 aromatic heterocycles. The number of rotatable bonds is 4. The molecule has 1 aliphatic heterocycles. The minimum Gasteiger partial charge on any atom is -0.346 e. The number of aromatic nitrogens is 2. The number of hydrogen-bond acceptors (Lipinski definition) is 5. The summed E-state index contributed by atoms with van der Waals surface area (Å²) in [5.41, 5.74) is 0.835. The van der Waals surface area contributed by atoms with Crippen molar-refractivity contribution >= 4 is 33.3 Å². The first-order valence-corrected chi connectivity index (χ1v) is 8.95. The van der Waals surface area contributed by atoms with E-state index < -0.39 is 0 Å². The zero-order valence-electron chi connectivity index (χ0n) is 13.2. The van der Waals surface area contributed by atoms with Gasteiger partial charge in [0, 0.05) is 24.0 Å². The van der Waals surface area contributed by atoms with Crippen LogP contribution in [0.25, 0.3) is 10.1 Å². The molecule has 0 spiro atoms. The average molecular weight is 338 g/mol. The van der Waals surface area contributed by atoms with E-state index in [0.717, 1.165) is 39.7 Å². The molecule has 0 radical (unpaired) electrons. The Morgan fingerprint density at radius 2 is 2.04 bits per heavy atom. The largest absolute Gasteiger partial charge is 0.346 e. The van der Waals surface area contributed by atoms with Gasteiger partial charge in [-0.05, 0) is 36.4 Å². The number of nitrogens with zero attached hydrogens (tertiary/aromatic N) is 3.